The third-order valence-corrected chi connectivity index (χ3v) is 3.07. The van der Waals surface area contributed by atoms with Crippen LogP contribution in [0.3, 0.4) is 0 Å². The summed E-state index contributed by atoms with van der Waals surface area (Å²) >= 11 is 0. The lowest BCUT2D eigenvalue weighted by atomic mass is 9.86. The topological polar surface area (TPSA) is 32.9 Å². The van der Waals surface area contributed by atoms with Crippen molar-refractivity contribution in [3.63, 3.8) is 0 Å². The van der Waals surface area contributed by atoms with Crippen molar-refractivity contribution >= 4 is 11.9 Å². The number of hydrogen-bond acceptors (Lipinski definition) is 1. The Morgan fingerprint density at radius 2 is 1.79 bits per heavy atom. The third-order valence-electron chi connectivity index (χ3n) is 3.07. The third kappa shape index (κ3) is 3.44. The molecule has 0 amide bonds. The fourth-order valence-corrected chi connectivity index (χ4v) is 1.84. The van der Waals surface area contributed by atoms with Gasteiger partial charge >= 0.3 is 0 Å². The van der Waals surface area contributed by atoms with E-state index in [1.807, 2.05) is 42.6 Å². The first-order valence-corrected chi connectivity index (χ1v) is 6.43. The fraction of sp³-hybridized carbons (Fsp3) is 0.235. The highest BCUT2D eigenvalue weighted by Gasteiger charge is 2.13. The maximum Gasteiger partial charge on any atom is 0.185 e. The highest BCUT2D eigenvalue weighted by atomic mass is 16.1. The zero-order valence-electron chi connectivity index (χ0n) is 11.6. The largest absolute Gasteiger partial charge is 0.362 e. The lowest BCUT2D eigenvalue weighted by Gasteiger charge is -2.18. The van der Waals surface area contributed by atoms with Crippen LogP contribution in [0.25, 0.3) is 6.08 Å². The van der Waals surface area contributed by atoms with Crippen molar-refractivity contribution in [1.29, 1.82) is 0 Å². The number of nitrogens with one attached hydrogen (secondary N) is 1. The first-order chi connectivity index (χ1) is 8.97. The highest BCUT2D eigenvalue weighted by molar-refractivity contribution is 6.06. The van der Waals surface area contributed by atoms with Gasteiger partial charge < -0.3 is 4.98 Å². The van der Waals surface area contributed by atoms with E-state index < -0.39 is 0 Å². The molecule has 98 valence electrons. The average Bonchev–Trinajstić information content (AvgIpc) is 2.88. The number of aromatic nitrogens is 1. The molecule has 2 aromatic rings. The summed E-state index contributed by atoms with van der Waals surface area (Å²) in [6, 6.07) is 11.7. The van der Waals surface area contributed by atoms with Crippen LogP contribution in [0.4, 0.5) is 0 Å². The van der Waals surface area contributed by atoms with E-state index in [1.165, 1.54) is 5.56 Å². The predicted octanol–water partition coefficient (Wildman–Crippen LogP) is 4.21. The molecule has 0 aliphatic rings. The van der Waals surface area contributed by atoms with E-state index in [9.17, 15) is 4.79 Å². The zero-order chi connectivity index (χ0) is 13.9. The van der Waals surface area contributed by atoms with Crippen molar-refractivity contribution in [3.05, 3.63) is 65.5 Å². The van der Waals surface area contributed by atoms with Crippen LogP contribution in [0.1, 0.15) is 42.4 Å². The number of H-pyrrole nitrogens is 1. The zero-order valence-corrected chi connectivity index (χ0v) is 11.6. The summed E-state index contributed by atoms with van der Waals surface area (Å²) in [5, 5.41) is 0. The quantitative estimate of drug-likeness (QED) is 0.645. The van der Waals surface area contributed by atoms with Crippen molar-refractivity contribution in [1.82, 2.24) is 4.98 Å². The highest BCUT2D eigenvalue weighted by Crippen LogP contribution is 2.22. The van der Waals surface area contributed by atoms with Crippen LogP contribution in [-0.2, 0) is 5.41 Å². The lowest BCUT2D eigenvalue weighted by Crippen LogP contribution is -2.11. The normalized spacial score (nSPS) is 11.9. The summed E-state index contributed by atoms with van der Waals surface area (Å²) < 4.78 is 0. The van der Waals surface area contributed by atoms with Gasteiger partial charge in [0.2, 0.25) is 0 Å². The summed E-state index contributed by atoms with van der Waals surface area (Å²) in [4.78, 5) is 15.0. The molecule has 0 bridgehead atoms. The molecule has 0 radical (unpaired) electrons. The maximum absolute atomic E-state index is 12.0. The summed E-state index contributed by atoms with van der Waals surface area (Å²) in [6.07, 6.45) is 5.22. The second-order valence-corrected chi connectivity index (χ2v) is 5.65. The number of aromatic amines is 1. The molecule has 2 nitrogen and oxygen atoms in total. The second kappa shape index (κ2) is 5.27. The number of ketones is 1. The molecule has 1 N–H and O–H groups in total. The van der Waals surface area contributed by atoms with Gasteiger partial charge in [0.15, 0.2) is 5.78 Å². The molecule has 0 aliphatic heterocycles. The molecule has 1 aromatic carbocycles. The maximum atomic E-state index is 12.0. The molecule has 0 saturated carbocycles. The van der Waals surface area contributed by atoms with Gasteiger partial charge in [-0.05, 0) is 35.3 Å². The molecule has 1 aromatic heterocycles. The summed E-state index contributed by atoms with van der Waals surface area (Å²) in [7, 11) is 0. The molecule has 0 atom stereocenters. The lowest BCUT2D eigenvalue weighted by molar-refractivity contribution is 0.104. The van der Waals surface area contributed by atoms with Crippen molar-refractivity contribution < 1.29 is 4.79 Å². The number of allylic oxidation sites excluding steroid dienone is 1. The van der Waals surface area contributed by atoms with Crippen LogP contribution >= 0.6 is 0 Å². The predicted molar refractivity (Wildman–Crippen MR) is 79.3 cm³/mol. The smallest absolute Gasteiger partial charge is 0.185 e. The van der Waals surface area contributed by atoms with E-state index in [1.54, 1.807) is 12.2 Å². The molecule has 0 saturated heterocycles. The van der Waals surface area contributed by atoms with Crippen LogP contribution in [0.2, 0.25) is 0 Å². The summed E-state index contributed by atoms with van der Waals surface area (Å²) in [5.41, 5.74) is 3.00. The number of benzene rings is 1. The Bertz CT molecular complexity index is 569. The number of carbonyl (C=O) groups excluding carboxylic acids is 1. The van der Waals surface area contributed by atoms with E-state index in [0.717, 1.165) is 11.3 Å². The first-order valence-electron chi connectivity index (χ1n) is 6.43. The Kier molecular flexibility index (Phi) is 3.70. The second-order valence-electron chi connectivity index (χ2n) is 5.65. The summed E-state index contributed by atoms with van der Waals surface area (Å²) in [5.74, 6) is 0.0232. The molecule has 2 rings (SSSR count). The Morgan fingerprint density at radius 3 is 2.32 bits per heavy atom. The van der Waals surface area contributed by atoms with Gasteiger partial charge in [-0.25, -0.2) is 0 Å². The molecule has 0 aliphatic carbocycles. The Morgan fingerprint density at radius 1 is 1.11 bits per heavy atom. The molecule has 2 heteroatoms. The number of rotatable bonds is 3. The summed E-state index contributed by atoms with van der Waals surface area (Å²) in [6.45, 7) is 6.49. The van der Waals surface area contributed by atoms with Gasteiger partial charge in [0.1, 0.15) is 0 Å². The Labute approximate surface area is 114 Å². The van der Waals surface area contributed by atoms with Crippen LogP contribution < -0.4 is 0 Å². The van der Waals surface area contributed by atoms with Gasteiger partial charge in [0, 0.05) is 17.5 Å². The molecule has 1 heterocycles. The van der Waals surface area contributed by atoms with Crippen molar-refractivity contribution in [2.24, 2.45) is 0 Å². The number of hydrogen-bond donors (Lipinski definition) is 1. The molecular formula is C17H19NO. The molecule has 0 fully saturated rings. The molecular weight excluding hydrogens is 234 g/mol. The SMILES string of the molecule is CC(C)(C)c1ccc(C(=O)/C=C/c2ccc[nH]2)cc1. The van der Waals surface area contributed by atoms with Gasteiger partial charge in [-0.2, -0.15) is 0 Å². The van der Waals surface area contributed by atoms with Crippen LogP contribution in [-0.4, -0.2) is 10.8 Å². The van der Waals surface area contributed by atoms with Crippen molar-refractivity contribution in [2.75, 3.05) is 0 Å². The van der Waals surface area contributed by atoms with E-state index in [2.05, 4.69) is 25.8 Å². The van der Waals surface area contributed by atoms with Crippen molar-refractivity contribution in [2.45, 2.75) is 26.2 Å². The van der Waals surface area contributed by atoms with Crippen LogP contribution in [0, 0.1) is 0 Å². The Balaban J connectivity index is 2.12. The van der Waals surface area contributed by atoms with Gasteiger partial charge in [-0.15, -0.1) is 0 Å². The molecule has 0 spiro atoms. The van der Waals surface area contributed by atoms with Crippen LogP contribution in [0.5, 0.6) is 0 Å². The van der Waals surface area contributed by atoms with Gasteiger partial charge in [0.25, 0.3) is 0 Å². The van der Waals surface area contributed by atoms with E-state index in [0.29, 0.717) is 0 Å². The minimum atomic E-state index is 0.0232. The number of carbonyl (C=O) groups is 1. The average molecular weight is 253 g/mol. The van der Waals surface area contributed by atoms with Gasteiger partial charge in [-0.1, -0.05) is 45.0 Å². The standard InChI is InChI=1S/C17H19NO/c1-17(2,3)14-8-6-13(7-9-14)16(19)11-10-15-5-4-12-18-15/h4-12,18H,1-3H3/b11-10+. The monoisotopic (exact) mass is 253 g/mol. The fourth-order valence-electron chi connectivity index (χ4n) is 1.84. The van der Waals surface area contributed by atoms with Gasteiger partial charge in [-0.3, -0.25) is 4.79 Å². The van der Waals surface area contributed by atoms with Gasteiger partial charge in [0.05, 0.1) is 0 Å². The first kappa shape index (κ1) is 13.3. The van der Waals surface area contributed by atoms with E-state index in [4.69, 9.17) is 0 Å². The van der Waals surface area contributed by atoms with Crippen molar-refractivity contribution in [3.8, 4) is 0 Å². The van der Waals surface area contributed by atoms with E-state index >= 15 is 0 Å². The Hall–Kier alpha value is -2.09. The minimum absolute atomic E-state index is 0.0232. The minimum Gasteiger partial charge on any atom is -0.362 e. The van der Waals surface area contributed by atoms with Crippen LogP contribution in [0.15, 0.2) is 48.7 Å². The van der Waals surface area contributed by atoms with E-state index in [-0.39, 0.29) is 11.2 Å². The molecule has 0 unspecified atom stereocenters. The molecule has 19 heavy (non-hydrogen) atoms.